The van der Waals surface area contributed by atoms with Crippen LogP contribution < -0.4 is 0 Å². The second kappa shape index (κ2) is 19.8. The van der Waals surface area contributed by atoms with Gasteiger partial charge in [-0.2, -0.15) is 11.8 Å². The third-order valence-electron chi connectivity index (χ3n) is 2.07. The molecule has 0 aromatic rings. The van der Waals surface area contributed by atoms with Crippen molar-refractivity contribution in [3.05, 3.63) is 12.7 Å². The van der Waals surface area contributed by atoms with Crippen molar-refractivity contribution in [1.29, 1.82) is 0 Å². The van der Waals surface area contributed by atoms with Crippen LogP contribution in [0.5, 0.6) is 0 Å². The Morgan fingerprint density at radius 1 is 1.00 bits per heavy atom. The van der Waals surface area contributed by atoms with Gasteiger partial charge in [-0.1, -0.05) is 45.6 Å². The Morgan fingerprint density at radius 3 is 1.67 bits per heavy atom. The summed E-state index contributed by atoms with van der Waals surface area (Å²) in [5, 5.41) is 0. The van der Waals surface area contributed by atoms with Gasteiger partial charge in [-0.3, -0.25) is 0 Å². The first-order valence-corrected chi connectivity index (χ1v) is 9.08. The molecule has 0 nitrogen and oxygen atoms in total. The zero-order chi connectivity index (χ0) is 11.8. The predicted molar refractivity (Wildman–Crippen MR) is 81.3 cm³/mol. The van der Waals surface area contributed by atoms with E-state index in [0.717, 1.165) is 0 Å². The molecule has 0 aromatic carbocycles. The molecule has 0 aromatic heterocycles. The lowest BCUT2D eigenvalue weighted by Gasteiger charge is -1.99. The van der Waals surface area contributed by atoms with Crippen molar-refractivity contribution in [2.45, 2.75) is 58.4 Å². The molecule has 0 radical (unpaired) electrons. The molecule has 0 bridgehead atoms. The van der Waals surface area contributed by atoms with Crippen LogP contribution in [0, 0.1) is 0 Å². The summed E-state index contributed by atoms with van der Waals surface area (Å²) in [7, 11) is 1.27. The maximum Gasteiger partial charge on any atom is 0.00753 e. The van der Waals surface area contributed by atoms with Crippen molar-refractivity contribution in [1.82, 2.24) is 0 Å². The molecule has 0 aliphatic rings. The van der Waals surface area contributed by atoms with Crippen molar-refractivity contribution < 1.29 is 0 Å². The molecule has 15 heavy (non-hydrogen) atoms. The molecule has 0 N–H and O–H groups in total. The lowest BCUT2D eigenvalue weighted by Crippen LogP contribution is -1.83. The first-order valence-electron chi connectivity index (χ1n) is 6.52. The van der Waals surface area contributed by atoms with Gasteiger partial charge in [0, 0.05) is 10.2 Å². The highest BCUT2D eigenvalue weighted by Crippen LogP contribution is 2.09. The molecular formula is C13H30SSi. The standard InChI is InChI=1S/C10H22S.C3H8Si/c1-3-5-7-9-11-10-8-6-4-2;1-2-3-4/h3-10H2,1-2H3;2H,1,3H2,4H3. The molecule has 2 heteroatoms. The highest BCUT2D eigenvalue weighted by atomic mass is 32.2. The molecule has 0 aliphatic heterocycles. The molecule has 0 saturated heterocycles. The van der Waals surface area contributed by atoms with Crippen LogP contribution in [-0.4, -0.2) is 21.7 Å². The third kappa shape index (κ3) is 25.0. The van der Waals surface area contributed by atoms with E-state index in [1.54, 1.807) is 0 Å². The number of thioether (sulfide) groups is 1. The Labute approximate surface area is 105 Å². The summed E-state index contributed by atoms with van der Waals surface area (Å²) in [6, 6.07) is 1.22. The van der Waals surface area contributed by atoms with Crippen LogP contribution in [0.25, 0.3) is 0 Å². The summed E-state index contributed by atoms with van der Waals surface area (Å²) in [5.41, 5.74) is 0. The van der Waals surface area contributed by atoms with Gasteiger partial charge in [0.25, 0.3) is 0 Å². The van der Waals surface area contributed by atoms with E-state index in [4.69, 9.17) is 0 Å². The van der Waals surface area contributed by atoms with Crippen LogP contribution in [-0.2, 0) is 0 Å². The summed E-state index contributed by atoms with van der Waals surface area (Å²) in [5.74, 6) is 2.77. The van der Waals surface area contributed by atoms with E-state index in [2.05, 4.69) is 32.2 Å². The summed E-state index contributed by atoms with van der Waals surface area (Å²) >= 11 is 2.13. The number of unbranched alkanes of at least 4 members (excludes halogenated alkanes) is 4. The number of rotatable bonds is 9. The van der Waals surface area contributed by atoms with Gasteiger partial charge in [0.1, 0.15) is 0 Å². The molecule has 0 unspecified atom stereocenters. The van der Waals surface area contributed by atoms with Crippen LogP contribution in [0.4, 0.5) is 0 Å². The van der Waals surface area contributed by atoms with Gasteiger partial charge in [0.15, 0.2) is 0 Å². The fourth-order valence-electron chi connectivity index (χ4n) is 1.01. The predicted octanol–water partition coefficient (Wildman–Crippen LogP) is 4.06. The monoisotopic (exact) mass is 246 g/mol. The highest BCUT2D eigenvalue weighted by Gasteiger charge is 1.88. The Kier molecular flexibility index (Phi) is 23.4. The summed E-state index contributed by atoms with van der Waals surface area (Å²) in [6.07, 6.45) is 10.3. The number of allylic oxidation sites excluding steroid dienone is 1. The topological polar surface area (TPSA) is 0 Å². The summed E-state index contributed by atoms with van der Waals surface area (Å²) in [6.45, 7) is 8.05. The molecule has 0 aliphatic carbocycles. The van der Waals surface area contributed by atoms with Crippen molar-refractivity contribution in [3.8, 4) is 0 Å². The maximum absolute atomic E-state index is 3.51. The molecule has 92 valence electrons. The Bertz CT molecular complexity index is 96.7. The Morgan fingerprint density at radius 2 is 1.40 bits per heavy atom. The fraction of sp³-hybridized carbons (Fsp3) is 0.846. The molecule has 0 heterocycles. The van der Waals surface area contributed by atoms with Crippen LogP contribution in [0.3, 0.4) is 0 Å². The fourth-order valence-corrected chi connectivity index (χ4v) is 2.03. The zero-order valence-corrected chi connectivity index (χ0v) is 13.9. The average molecular weight is 247 g/mol. The van der Waals surface area contributed by atoms with Crippen LogP contribution >= 0.6 is 11.8 Å². The van der Waals surface area contributed by atoms with Crippen LogP contribution in [0.1, 0.15) is 52.4 Å². The average Bonchev–Trinajstić information content (AvgIpc) is 2.28. The first-order chi connectivity index (χ1) is 7.33. The quantitative estimate of drug-likeness (QED) is 0.336. The minimum atomic E-state index is 1.22. The number of hydrogen-bond acceptors (Lipinski definition) is 1. The molecular weight excluding hydrogens is 216 g/mol. The van der Waals surface area contributed by atoms with Gasteiger partial charge < -0.3 is 0 Å². The van der Waals surface area contributed by atoms with Gasteiger partial charge in [-0.15, -0.1) is 6.58 Å². The van der Waals surface area contributed by atoms with Gasteiger partial charge in [0.05, 0.1) is 0 Å². The van der Waals surface area contributed by atoms with E-state index in [0.29, 0.717) is 0 Å². The van der Waals surface area contributed by atoms with Gasteiger partial charge in [-0.05, 0) is 30.4 Å². The van der Waals surface area contributed by atoms with Crippen molar-refractivity contribution in [2.75, 3.05) is 11.5 Å². The SMILES string of the molecule is C=CC[SiH3].CCCCCSCCCCC. The summed E-state index contributed by atoms with van der Waals surface area (Å²) < 4.78 is 0. The lowest BCUT2D eigenvalue weighted by molar-refractivity contribution is 0.768. The number of hydrogen-bond donors (Lipinski definition) is 0. The van der Waals surface area contributed by atoms with Crippen molar-refractivity contribution in [2.24, 2.45) is 0 Å². The zero-order valence-electron chi connectivity index (χ0n) is 11.1. The van der Waals surface area contributed by atoms with Crippen molar-refractivity contribution >= 4 is 22.0 Å². The van der Waals surface area contributed by atoms with Gasteiger partial charge in [0.2, 0.25) is 0 Å². The minimum Gasteiger partial charge on any atom is -0.162 e. The van der Waals surface area contributed by atoms with E-state index in [-0.39, 0.29) is 0 Å². The van der Waals surface area contributed by atoms with Crippen LogP contribution in [0.15, 0.2) is 12.7 Å². The lowest BCUT2D eigenvalue weighted by atomic mass is 10.3. The minimum absolute atomic E-state index is 1.22. The van der Waals surface area contributed by atoms with E-state index >= 15 is 0 Å². The molecule has 0 fully saturated rings. The first kappa shape index (κ1) is 17.7. The van der Waals surface area contributed by atoms with Crippen LogP contribution in [0.2, 0.25) is 6.04 Å². The second-order valence-electron chi connectivity index (χ2n) is 3.72. The molecule has 0 saturated carbocycles. The van der Waals surface area contributed by atoms with E-state index in [9.17, 15) is 0 Å². The Balaban J connectivity index is 0. The van der Waals surface area contributed by atoms with E-state index in [1.165, 1.54) is 66.3 Å². The largest absolute Gasteiger partial charge is 0.162 e. The third-order valence-corrected chi connectivity index (χ3v) is 3.81. The molecule has 0 spiro atoms. The highest BCUT2D eigenvalue weighted by molar-refractivity contribution is 7.99. The Hall–Kier alpha value is 0.307. The van der Waals surface area contributed by atoms with Gasteiger partial charge >= 0.3 is 0 Å². The molecule has 0 rings (SSSR count). The van der Waals surface area contributed by atoms with E-state index < -0.39 is 0 Å². The van der Waals surface area contributed by atoms with E-state index in [1.807, 2.05) is 6.08 Å². The van der Waals surface area contributed by atoms with Gasteiger partial charge in [-0.25, -0.2) is 0 Å². The second-order valence-corrected chi connectivity index (χ2v) is 5.76. The molecule has 0 amide bonds. The smallest absolute Gasteiger partial charge is 0.00753 e. The normalized spacial score (nSPS) is 9.47. The maximum atomic E-state index is 3.51. The molecule has 0 atom stereocenters. The van der Waals surface area contributed by atoms with Crippen molar-refractivity contribution in [3.63, 3.8) is 0 Å². The summed E-state index contributed by atoms with van der Waals surface area (Å²) in [4.78, 5) is 0.